The lowest BCUT2D eigenvalue weighted by atomic mass is 10.1. The fourth-order valence-corrected chi connectivity index (χ4v) is 2.82. The van der Waals surface area contributed by atoms with Gasteiger partial charge in [0, 0.05) is 27.2 Å². The molecule has 1 aromatic heterocycles. The van der Waals surface area contributed by atoms with Crippen LogP contribution in [0.25, 0.3) is 0 Å². The number of Topliss-reactive ketones (excluding diaryl/α,β-unsaturated/α-hetero) is 1. The van der Waals surface area contributed by atoms with Crippen molar-refractivity contribution in [3.63, 3.8) is 0 Å². The number of ketones is 1. The van der Waals surface area contributed by atoms with Gasteiger partial charge in [0.1, 0.15) is 11.4 Å². The molecule has 8 heteroatoms. The highest BCUT2D eigenvalue weighted by molar-refractivity contribution is 6.01. The van der Waals surface area contributed by atoms with Crippen molar-refractivity contribution in [1.82, 2.24) is 14.0 Å². The Kier molecular flexibility index (Phi) is 4.52. The van der Waals surface area contributed by atoms with E-state index in [1.807, 2.05) is 18.7 Å². The minimum atomic E-state index is -0.653. The summed E-state index contributed by atoms with van der Waals surface area (Å²) in [5.74, 6) is -0.470. The van der Waals surface area contributed by atoms with Gasteiger partial charge in [0.25, 0.3) is 5.56 Å². The fraction of sp³-hybridized carbons (Fsp3) is 0.643. The van der Waals surface area contributed by atoms with Crippen LogP contribution in [0.2, 0.25) is 0 Å². The largest absolute Gasteiger partial charge is 0.384 e. The van der Waals surface area contributed by atoms with Crippen LogP contribution in [-0.2, 0) is 18.8 Å². The molecule has 0 spiro atoms. The third kappa shape index (κ3) is 2.97. The molecule has 0 aliphatic carbocycles. The molecule has 0 aromatic carbocycles. The summed E-state index contributed by atoms with van der Waals surface area (Å²) in [6.07, 6.45) is 0.0497. The highest BCUT2D eigenvalue weighted by Crippen LogP contribution is 2.12. The Morgan fingerprint density at radius 3 is 2.27 bits per heavy atom. The number of hydrogen-bond acceptors (Lipinski definition) is 6. The Bertz CT molecular complexity index is 696. The second kappa shape index (κ2) is 6.05. The molecule has 0 bridgehead atoms. The molecule has 1 aromatic rings. The van der Waals surface area contributed by atoms with E-state index >= 15 is 0 Å². The molecular formula is C14H22N4O4. The van der Waals surface area contributed by atoms with Crippen LogP contribution in [0, 0.1) is 0 Å². The quantitative estimate of drug-likeness (QED) is 0.716. The van der Waals surface area contributed by atoms with Gasteiger partial charge in [-0.1, -0.05) is 0 Å². The number of hydrogen-bond donors (Lipinski definition) is 1. The zero-order chi connectivity index (χ0) is 16.6. The van der Waals surface area contributed by atoms with E-state index in [2.05, 4.69) is 0 Å². The first-order chi connectivity index (χ1) is 10.2. The van der Waals surface area contributed by atoms with Crippen molar-refractivity contribution >= 4 is 11.6 Å². The number of nitrogens with zero attached hydrogens (tertiary/aromatic N) is 3. The Balaban J connectivity index is 2.31. The first kappa shape index (κ1) is 16.4. The fourth-order valence-electron chi connectivity index (χ4n) is 2.82. The van der Waals surface area contributed by atoms with Crippen molar-refractivity contribution in [3.05, 3.63) is 26.4 Å². The molecule has 1 saturated heterocycles. The van der Waals surface area contributed by atoms with E-state index in [0.29, 0.717) is 13.1 Å². The van der Waals surface area contributed by atoms with Gasteiger partial charge in [0.05, 0.1) is 18.8 Å². The number of nitrogen functional groups attached to an aromatic ring is 1. The highest BCUT2D eigenvalue weighted by atomic mass is 16.5. The lowest BCUT2D eigenvalue weighted by Crippen LogP contribution is -2.48. The predicted octanol–water partition coefficient (Wildman–Crippen LogP) is -1.04. The van der Waals surface area contributed by atoms with E-state index in [0.717, 1.165) is 9.13 Å². The maximum Gasteiger partial charge on any atom is 0.332 e. The monoisotopic (exact) mass is 310 g/mol. The van der Waals surface area contributed by atoms with Crippen LogP contribution < -0.4 is 17.0 Å². The molecule has 0 saturated carbocycles. The van der Waals surface area contributed by atoms with Gasteiger partial charge in [-0.05, 0) is 13.8 Å². The van der Waals surface area contributed by atoms with Crippen molar-refractivity contribution in [2.24, 2.45) is 14.1 Å². The average Bonchev–Trinajstić information content (AvgIpc) is 2.42. The van der Waals surface area contributed by atoms with E-state index in [1.165, 1.54) is 14.1 Å². The molecule has 22 heavy (non-hydrogen) atoms. The average molecular weight is 310 g/mol. The summed E-state index contributed by atoms with van der Waals surface area (Å²) in [5, 5.41) is 0. The first-order valence-corrected chi connectivity index (χ1v) is 7.18. The van der Waals surface area contributed by atoms with Gasteiger partial charge in [-0.2, -0.15) is 0 Å². The molecular weight excluding hydrogens is 288 g/mol. The molecule has 0 radical (unpaired) electrons. The molecule has 2 N–H and O–H groups in total. The van der Waals surface area contributed by atoms with Gasteiger partial charge in [-0.25, -0.2) is 4.79 Å². The van der Waals surface area contributed by atoms with Crippen LogP contribution >= 0.6 is 0 Å². The van der Waals surface area contributed by atoms with Crippen molar-refractivity contribution < 1.29 is 9.53 Å². The van der Waals surface area contributed by atoms with E-state index in [1.54, 1.807) is 0 Å². The normalized spacial score (nSPS) is 22.7. The molecule has 2 rings (SSSR count). The number of aromatic nitrogens is 2. The number of ether oxygens (including phenoxy) is 1. The second-order valence-electron chi connectivity index (χ2n) is 5.84. The van der Waals surface area contributed by atoms with Gasteiger partial charge < -0.3 is 10.5 Å². The predicted molar refractivity (Wildman–Crippen MR) is 82.1 cm³/mol. The first-order valence-electron chi connectivity index (χ1n) is 7.18. The summed E-state index contributed by atoms with van der Waals surface area (Å²) in [7, 11) is 2.77. The number of morpholine rings is 1. The molecule has 1 aliphatic rings. The standard InChI is InChI=1S/C14H22N4O4/c1-8-5-18(6-9(2)22-8)7-10(19)11-12(15)16(3)14(21)17(4)13(11)20/h8-9H,5-7,15H2,1-4H3/t8-,9-/m0/s1. The van der Waals surface area contributed by atoms with E-state index in [9.17, 15) is 14.4 Å². The van der Waals surface area contributed by atoms with Crippen LogP contribution in [0.5, 0.6) is 0 Å². The third-order valence-corrected chi connectivity index (χ3v) is 3.85. The van der Waals surface area contributed by atoms with Gasteiger partial charge in [-0.15, -0.1) is 0 Å². The number of carbonyl (C=O) groups excluding carboxylic acids is 1. The summed E-state index contributed by atoms with van der Waals surface area (Å²) >= 11 is 0. The van der Waals surface area contributed by atoms with Crippen molar-refractivity contribution in [1.29, 1.82) is 0 Å². The third-order valence-electron chi connectivity index (χ3n) is 3.85. The van der Waals surface area contributed by atoms with Gasteiger partial charge in [0.15, 0.2) is 5.78 Å². The summed E-state index contributed by atoms with van der Waals surface area (Å²) < 4.78 is 7.62. The van der Waals surface area contributed by atoms with E-state index in [-0.39, 0.29) is 35.9 Å². The van der Waals surface area contributed by atoms with Crippen molar-refractivity contribution in [2.75, 3.05) is 25.4 Å². The van der Waals surface area contributed by atoms with Crippen molar-refractivity contribution in [3.8, 4) is 0 Å². The Hall–Kier alpha value is -1.93. The lowest BCUT2D eigenvalue weighted by molar-refractivity contribution is -0.0652. The molecule has 1 fully saturated rings. The summed E-state index contributed by atoms with van der Waals surface area (Å²) in [4.78, 5) is 38.4. The minimum absolute atomic E-state index is 0.0249. The Morgan fingerprint density at radius 2 is 1.73 bits per heavy atom. The lowest BCUT2D eigenvalue weighted by Gasteiger charge is -2.34. The number of anilines is 1. The van der Waals surface area contributed by atoms with Crippen LogP contribution in [0.1, 0.15) is 24.2 Å². The van der Waals surface area contributed by atoms with Gasteiger partial charge in [-0.3, -0.25) is 23.6 Å². The van der Waals surface area contributed by atoms with E-state index < -0.39 is 11.2 Å². The number of rotatable bonds is 3. The Morgan fingerprint density at radius 1 is 1.18 bits per heavy atom. The van der Waals surface area contributed by atoms with E-state index in [4.69, 9.17) is 10.5 Å². The number of nitrogens with two attached hydrogens (primary N) is 1. The molecule has 2 atom stereocenters. The summed E-state index contributed by atoms with van der Waals surface area (Å²) in [6, 6.07) is 0. The molecule has 0 unspecified atom stereocenters. The van der Waals surface area contributed by atoms with Gasteiger partial charge in [0.2, 0.25) is 0 Å². The number of carbonyl (C=O) groups is 1. The van der Waals surface area contributed by atoms with Crippen LogP contribution in [0.15, 0.2) is 9.59 Å². The maximum absolute atomic E-state index is 12.5. The zero-order valence-electron chi connectivity index (χ0n) is 13.3. The summed E-state index contributed by atoms with van der Waals surface area (Å²) in [5.41, 5.74) is 4.47. The van der Waals surface area contributed by atoms with Crippen molar-refractivity contribution in [2.45, 2.75) is 26.1 Å². The van der Waals surface area contributed by atoms with Crippen LogP contribution in [0.3, 0.4) is 0 Å². The minimum Gasteiger partial charge on any atom is -0.384 e. The second-order valence-corrected chi connectivity index (χ2v) is 5.84. The molecule has 0 amide bonds. The zero-order valence-corrected chi connectivity index (χ0v) is 13.3. The Labute approximate surface area is 128 Å². The van der Waals surface area contributed by atoms with Crippen LogP contribution in [0.4, 0.5) is 5.82 Å². The van der Waals surface area contributed by atoms with Gasteiger partial charge >= 0.3 is 5.69 Å². The smallest absolute Gasteiger partial charge is 0.332 e. The van der Waals surface area contributed by atoms with Crippen LogP contribution in [-0.4, -0.2) is 51.7 Å². The topological polar surface area (TPSA) is 99.6 Å². The molecule has 1 aliphatic heterocycles. The molecule has 2 heterocycles. The highest BCUT2D eigenvalue weighted by Gasteiger charge is 2.27. The molecule has 122 valence electrons. The SMILES string of the molecule is C[C@H]1CN(CC(=O)c2c(N)n(C)c(=O)n(C)c2=O)C[C@H](C)O1. The summed E-state index contributed by atoms with van der Waals surface area (Å²) in [6.45, 7) is 5.18. The molecule has 8 nitrogen and oxygen atoms in total. The maximum atomic E-state index is 12.5.